The fraction of sp³-hybridized carbons (Fsp3) is 0.217. The van der Waals surface area contributed by atoms with Crippen molar-refractivity contribution in [3.8, 4) is 5.75 Å². The van der Waals surface area contributed by atoms with E-state index < -0.39 is 5.72 Å². The van der Waals surface area contributed by atoms with Gasteiger partial charge in [-0.3, -0.25) is 0 Å². The number of nitrogens with zero attached hydrogens (tertiary/aromatic N) is 1. The fourth-order valence-electron chi connectivity index (χ4n) is 4.61. The molecule has 2 heteroatoms. The SMILES string of the molecule is CN1c2ccc3ccccc3c2C(C)(C)C12C=Cc1ccccc1O2. The standard InChI is InChI=1S/C23H21NO/c1-22(2)21-18-10-6-4-8-16(18)12-13-19(21)24(3)23(22)15-14-17-9-5-7-11-20(17)25-23/h4-15H,1-3H3. The summed E-state index contributed by atoms with van der Waals surface area (Å²) in [6.07, 6.45) is 4.43. The maximum Gasteiger partial charge on any atom is 0.211 e. The van der Waals surface area contributed by atoms with E-state index in [-0.39, 0.29) is 5.41 Å². The molecule has 0 amide bonds. The predicted octanol–water partition coefficient (Wildman–Crippen LogP) is 5.37. The quantitative estimate of drug-likeness (QED) is 0.550. The monoisotopic (exact) mass is 327 g/mol. The number of likely N-dealkylation sites (N-methyl/N-ethyl adjacent to an activating group) is 1. The van der Waals surface area contributed by atoms with Crippen LogP contribution in [0.15, 0.2) is 66.7 Å². The first-order valence-corrected chi connectivity index (χ1v) is 8.78. The second kappa shape index (κ2) is 4.66. The van der Waals surface area contributed by atoms with Crippen LogP contribution >= 0.6 is 0 Å². The van der Waals surface area contributed by atoms with Gasteiger partial charge in [0, 0.05) is 18.3 Å². The number of fused-ring (bicyclic) bond motifs is 4. The minimum Gasteiger partial charge on any atom is -0.463 e. The van der Waals surface area contributed by atoms with Gasteiger partial charge in [-0.05, 0) is 54.5 Å². The van der Waals surface area contributed by atoms with Crippen molar-refractivity contribution in [3.05, 3.63) is 77.9 Å². The minimum atomic E-state index is -0.520. The fourth-order valence-corrected chi connectivity index (χ4v) is 4.61. The second-order valence-corrected chi connectivity index (χ2v) is 7.53. The maximum atomic E-state index is 6.68. The molecule has 3 aromatic rings. The summed E-state index contributed by atoms with van der Waals surface area (Å²) in [5, 5.41) is 2.59. The highest BCUT2D eigenvalue weighted by atomic mass is 16.5. The largest absolute Gasteiger partial charge is 0.463 e. The smallest absolute Gasteiger partial charge is 0.211 e. The Morgan fingerprint density at radius 2 is 1.64 bits per heavy atom. The normalized spacial score (nSPS) is 22.8. The van der Waals surface area contributed by atoms with Crippen molar-refractivity contribution in [1.29, 1.82) is 0 Å². The third-order valence-corrected chi connectivity index (χ3v) is 5.96. The highest BCUT2D eigenvalue weighted by Gasteiger charge is 2.58. The molecule has 2 nitrogen and oxygen atoms in total. The Bertz CT molecular complexity index is 1030. The van der Waals surface area contributed by atoms with Gasteiger partial charge in [0.1, 0.15) is 5.75 Å². The van der Waals surface area contributed by atoms with Gasteiger partial charge in [0.15, 0.2) is 0 Å². The Morgan fingerprint density at radius 3 is 2.52 bits per heavy atom. The van der Waals surface area contributed by atoms with Crippen molar-refractivity contribution in [1.82, 2.24) is 0 Å². The highest BCUT2D eigenvalue weighted by molar-refractivity contribution is 5.94. The Balaban J connectivity index is 1.78. The summed E-state index contributed by atoms with van der Waals surface area (Å²) in [5.74, 6) is 0.946. The van der Waals surface area contributed by atoms with Crippen LogP contribution in [0.2, 0.25) is 0 Å². The number of rotatable bonds is 0. The molecular weight excluding hydrogens is 306 g/mol. The Morgan fingerprint density at radius 1 is 0.880 bits per heavy atom. The molecule has 5 rings (SSSR count). The van der Waals surface area contributed by atoms with Gasteiger partial charge in [0.2, 0.25) is 5.72 Å². The van der Waals surface area contributed by atoms with E-state index in [0.717, 1.165) is 11.3 Å². The van der Waals surface area contributed by atoms with Crippen molar-refractivity contribution in [2.24, 2.45) is 0 Å². The molecule has 0 aliphatic carbocycles. The molecule has 0 saturated carbocycles. The Kier molecular flexibility index (Phi) is 2.72. The van der Waals surface area contributed by atoms with Gasteiger partial charge in [-0.2, -0.15) is 0 Å². The van der Waals surface area contributed by atoms with Crippen molar-refractivity contribution < 1.29 is 4.74 Å². The lowest BCUT2D eigenvalue weighted by Gasteiger charge is -2.45. The van der Waals surface area contributed by atoms with Crippen LogP contribution in [0.3, 0.4) is 0 Å². The van der Waals surface area contributed by atoms with Gasteiger partial charge < -0.3 is 9.64 Å². The van der Waals surface area contributed by atoms with Crippen LogP contribution < -0.4 is 9.64 Å². The average Bonchev–Trinajstić information content (AvgIpc) is 2.80. The van der Waals surface area contributed by atoms with E-state index >= 15 is 0 Å². The molecule has 2 aliphatic heterocycles. The van der Waals surface area contributed by atoms with Gasteiger partial charge in [0.05, 0.1) is 5.41 Å². The molecule has 2 aliphatic rings. The number of anilines is 1. The zero-order chi connectivity index (χ0) is 17.2. The highest BCUT2D eigenvalue weighted by Crippen LogP contribution is 2.56. The lowest BCUT2D eigenvalue weighted by Crippen LogP contribution is -2.58. The lowest BCUT2D eigenvalue weighted by molar-refractivity contribution is 0.0586. The molecule has 1 unspecified atom stereocenters. The van der Waals surface area contributed by atoms with E-state index in [9.17, 15) is 0 Å². The maximum absolute atomic E-state index is 6.68. The molecule has 1 spiro atoms. The predicted molar refractivity (Wildman–Crippen MR) is 104 cm³/mol. The Labute approximate surface area is 148 Å². The molecule has 0 bridgehead atoms. The molecule has 25 heavy (non-hydrogen) atoms. The molecule has 3 aromatic carbocycles. The lowest BCUT2D eigenvalue weighted by atomic mass is 9.75. The van der Waals surface area contributed by atoms with Gasteiger partial charge in [0.25, 0.3) is 0 Å². The molecule has 0 radical (unpaired) electrons. The van der Waals surface area contributed by atoms with Crippen LogP contribution in [0, 0.1) is 0 Å². The summed E-state index contributed by atoms with van der Waals surface area (Å²) in [5.41, 5.74) is 3.03. The average molecular weight is 327 g/mol. The summed E-state index contributed by atoms with van der Waals surface area (Å²) < 4.78 is 6.68. The third kappa shape index (κ3) is 1.69. The first-order chi connectivity index (χ1) is 12.0. The van der Waals surface area contributed by atoms with Crippen LogP contribution in [0.1, 0.15) is 25.0 Å². The van der Waals surface area contributed by atoms with E-state index in [1.165, 1.54) is 22.0 Å². The molecule has 2 heterocycles. The van der Waals surface area contributed by atoms with Gasteiger partial charge in [-0.25, -0.2) is 0 Å². The Hall–Kier alpha value is -2.74. The summed E-state index contributed by atoms with van der Waals surface area (Å²) in [6, 6.07) is 21.3. The van der Waals surface area contributed by atoms with E-state index in [0.29, 0.717) is 0 Å². The zero-order valence-electron chi connectivity index (χ0n) is 14.8. The van der Waals surface area contributed by atoms with E-state index in [2.05, 4.69) is 92.5 Å². The van der Waals surface area contributed by atoms with Crippen LogP contribution in [-0.2, 0) is 5.41 Å². The van der Waals surface area contributed by atoms with Crippen LogP contribution in [0.5, 0.6) is 5.75 Å². The first kappa shape index (κ1) is 14.6. The second-order valence-electron chi connectivity index (χ2n) is 7.53. The number of para-hydroxylation sites is 1. The number of hydrogen-bond acceptors (Lipinski definition) is 2. The molecule has 0 aromatic heterocycles. The van der Waals surface area contributed by atoms with Crippen molar-refractivity contribution in [2.45, 2.75) is 25.0 Å². The number of hydrogen-bond donors (Lipinski definition) is 0. The number of benzene rings is 3. The van der Waals surface area contributed by atoms with Crippen molar-refractivity contribution in [2.75, 3.05) is 11.9 Å². The van der Waals surface area contributed by atoms with Gasteiger partial charge in [-0.1, -0.05) is 48.5 Å². The topological polar surface area (TPSA) is 12.5 Å². The molecule has 124 valence electrons. The van der Waals surface area contributed by atoms with Crippen LogP contribution in [0.25, 0.3) is 16.8 Å². The van der Waals surface area contributed by atoms with Gasteiger partial charge >= 0.3 is 0 Å². The molecule has 1 atom stereocenters. The summed E-state index contributed by atoms with van der Waals surface area (Å²) in [4.78, 5) is 2.29. The van der Waals surface area contributed by atoms with Crippen molar-refractivity contribution >= 4 is 22.5 Å². The summed E-state index contributed by atoms with van der Waals surface area (Å²) in [6.45, 7) is 4.58. The summed E-state index contributed by atoms with van der Waals surface area (Å²) >= 11 is 0. The number of ether oxygens (including phenoxy) is 1. The van der Waals surface area contributed by atoms with Crippen LogP contribution in [-0.4, -0.2) is 12.8 Å². The van der Waals surface area contributed by atoms with Crippen molar-refractivity contribution in [3.63, 3.8) is 0 Å². The van der Waals surface area contributed by atoms with E-state index in [1.54, 1.807) is 0 Å². The van der Waals surface area contributed by atoms with Crippen LogP contribution in [0.4, 0.5) is 5.69 Å². The van der Waals surface area contributed by atoms with Gasteiger partial charge in [-0.15, -0.1) is 0 Å². The first-order valence-electron chi connectivity index (χ1n) is 8.78. The molecule has 0 N–H and O–H groups in total. The minimum absolute atomic E-state index is 0.192. The third-order valence-electron chi connectivity index (χ3n) is 5.96. The zero-order valence-corrected chi connectivity index (χ0v) is 14.8. The molecule has 0 saturated heterocycles. The molecule has 0 fully saturated rings. The molecular formula is C23H21NO. The summed E-state index contributed by atoms with van der Waals surface area (Å²) in [7, 11) is 2.14. The van der Waals surface area contributed by atoms with E-state index in [1.807, 2.05) is 6.07 Å². The van der Waals surface area contributed by atoms with E-state index in [4.69, 9.17) is 4.74 Å².